The van der Waals surface area contributed by atoms with Crippen molar-refractivity contribution in [1.82, 2.24) is 20.2 Å². The molecule has 7 heteroatoms. The van der Waals surface area contributed by atoms with Crippen LogP contribution in [0.3, 0.4) is 0 Å². The Bertz CT molecular complexity index is 566. The Morgan fingerprint density at radius 3 is 2.89 bits per heavy atom. The van der Waals surface area contributed by atoms with E-state index in [1.807, 2.05) is 13.8 Å². The normalized spacial score (nSPS) is 10.7. The van der Waals surface area contributed by atoms with Crippen LogP contribution in [0.25, 0.3) is 0 Å². The minimum absolute atomic E-state index is 0.0821. The number of hydrogen-bond acceptors (Lipinski definition) is 4. The average molecular weight is 266 g/mol. The van der Waals surface area contributed by atoms with Crippen molar-refractivity contribution >= 4 is 23.2 Å². The van der Waals surface area contributed by atoms with Gasteiger partial charge in [-0.1, -0.05) is 25.4 Å². The third kappa shape index (κ3) is 2.65. The van der Waals surface area contributed by atoms with Gasteiger partial charge in [0.25, 0.3) is 5.91 Å². The molecule has 0 fully saturated rings. The first-order valence-electron chi connectivity index (χ1n) is 5.42. The lowest BCUT2D eigenvalue weighted by molar-refractivity contribution is 0.101. The number of anilines is 1. The van der Waals surface area contributed by atoms with Crippen LogP contribution in [0.2, 0.25) is 5.15 Å². The monoisotopic (exact) mass is 265 g/mol. The Morgan fingerprint density at radius 2 is 2.28 bits per heavy atom. The van der Waals surface area contributed by atoms with Crippen LogP contribution in [0, 0.1) is 0 Å². The molecule has 2 rings (SSSR count). The van der Waals surface area contributed by atoms with Crippen LogP contribution in [-0.2, 0) is 0 Å². The van der Waals surface area contributed by atoms with Gasteiger partial charge >= 0.3 is 0 Å². The van der Waals surface area contributed by atoms with E-state index in [0.717, 1.165) is 0 Å². The molecular formula is C11H12ClN5O. The molecule has 0 aliphatic carbocycles. The number of rotatable bonds is 3. The predicted molar refractivity (Wildman–Crippen MR) is 67.7 cm³/mol. The Morgan fingerprint density at radius 1 is 1.50 bits per heavy atom. The average Bonchev–Trinajstić information content (AvgIpc) is 2.81. The molecule has 0 aliphatic heterocycles. The first-order valence-corrected chi connectivity index (χ1v) is 5.80. The van der Waals surface area contributed by atoms with Gasteiger partial charge in [0, 0.05) is 12.1 Å². The lowest BCUT2D eigenvalue weighted by atomic mass is 10.2. The van der Waals surface area contributed by atoms with Crippen LogP contribution >= 0.6 is 11.6 Å². The molecule has 2 aromatic heterocycles. The summed E-state index contributed by atoms with van der Waals surface area (Å²) in [4.78, 5) is 19.8. The second-order valence-corrected chi connectivity index (χ2v) is 4.35. The number of aromatic amines is 1. The van der Waals surface area contributed by atoms with E-state index in [1.165, 1.54) is 0 Å². The third-order valence-corrected chi connectivity index (χ3v) is 2.56. The number of aromatic nitrogens is 4. The number of halogens is 1. The highest BCUT2D eigenvalue weighted by Gasteiger charge is 2.15. The Labute approximate surface area is 109 Å². The summed E-state index contributed by atoms with van der Waals surface area (Å²) in [6, 6.07) is 3.34. The summed E-state index contributed by atoms with van der Waals surface area (Å²) in [5.74, 6) is 0.505. The molecule has 0 atom stereocenters. The zero-order valence-corrected chi connectivity index (χ0v) is 10.7. The summed E-state index contributed by atoms with van der Waals surface area (Å²) in [5.41, 5.74) is 0.431. The Hall–Kier alpha value is -1.95. The van der Waals surface area contributed by atoms with Gasteiger partial charge in [-0.2, -0.15) is 0 Å². The van der Waals surface area contributed by atoms with Crippen LogP contribution in [0.1, 0.15) is 36.2 Å². The molecule has 0 spiro atoms. The van der Waals surface area contributed by atoms with Crippen molar-refractivity contribution in [3.8, 4) is 0 Å². The summed E-state index contributed by atoms with van der Waals surface area (Å²) < 4.78 is 0. The standard InChI is InChI=1S/C11H12ClN5O/c1-6(2)9-15-10(17-16-9)11(18)14-7-4-3-5-13-8(7)12/h3-6H,1-2H3,(H,14,18)(H,15,16,17). The van der Waals surface area contributed by atoms with E-state index in [4.69, 9.17) is 11.6 Å². The van der Waals surface area contributed by atoms with Gasteiger partial charge in [0.15, 0.2) is 5.15 Å². The van der Waals surface area contributed by atoms with Crippen LogP contribution in [-0.4, -0.2) is 26.1 Å². The number of nitrogens with one attached hydrogen (secondary N) is 2. The number of carbonyl (C=O) groups is 1. The molecular weight excluding hydrogens is 254 g/mol. The van der Waals surface area contributed by atoms with E-state index in [2.05, 4.69) is 25.5 Å². The molecule has 0 radical (unpaired) electrons. The number of nitrogens with zero attached hydrogens (tertiary/aromatic N) is 3. The second kappa shape index (κ2) is 5.14. The van der Waals surface area contributed by atoms with Crippen LogP contribution in [0.15, 0.2) is 18.3 Å². The van der Waals surface area contributed by atoms with Crippen molar-refractivity contribution < 1.29 is 4.79 Å². The fourth-order valence-electron chi connectivity index (χ4n) is 1.29. The molecule has 0 bridgehead atoms. The predicted octanol–water partition coefficient (Wildman–Crippen LogP) is 2.23. The van der Waals surface area contributed by atoms with Gasteiger partial charge in [0.05, 0.1) is 5.69 Å². The first kappa shape index (κ1) is 12.5. The van der Waals surface area contributed by atoms with Crippen LogP contribution < -0.4 is 5.32 Å². The summed E-state index contributed by atoms with van der Waals surface area (Å²) in [6.45, 7) is 3.92. The minimum atomic E-state index is -0.423. The van der Waals surface area contributed by atoms with Gasteiger partial charge in [0.1, 0.15) is 5.82 Å². The van der Waals surface area contributed by atoms with Crippen molar-refractivity contribution in [3.63, 3.8) is 0 Å². The quantitative estimate of drug-likeness (QED) is 0.834. The molecule has 0 aliphatic rings. The van der Waals surface area contributed by atoms with E-state index in [0.29, 0.717) is 11.5 Å². The maximum atomic E-state index is 11.9. The molecule has 0 aromatic carbocycles. The fraction of sp³-hybridized carbons (Fsp3) is 0.273. The topological polar surface area (TPSA) is 83.6 Å². The molecule has 0 unspecified atom stereocenters. The van der Waals surface area contributed by atoms with E-state index >= 15 is 0 Å². The summed E-state index contributed by atoms with van der Waals surface area (Å²) in [5, 5.41) is 9.40. The van der Waals surface area contributed by atoms with Crippen LogP contribution in [0.4, 0.5) is 5.69 Å². The fourth-order valence-corrected chi connectivity index (χ4v) is 1.46. The third-order valence-electron chi connectivity index (χ3n) is 2.26. The highest BCUT2D eigenvalue weighted by molar-refractivity contribution is 6.32. The molecule has 94 valence electrons. The summed E-state index contributed by atoms with van der Waals surface area (Å²) in [7, 11) is 0. The minimum Gasteiger partial charge on any atom is -0.317 e. The van der Waals surface area contributed by atoms with Crippen molar-refractivity contribution in [1.29, 1.82) is 0 Å². The lowest BCUT2D eigenvalue weighted by Gasteiger charge is -2.03. The molecule has 0 saturated carbocycles. The molecule has 6 nitrogen and oxygen atoms in total. The summed E-state index contributed by atoms with van der Waals surface area (Å²) in [6.07, 6.45) is 1.54. The molecule has 2 heterocycles. The zero-order valence-electron chi connectivity index (χ0n) is 9.94. The molecule has 2 N–H and O–H groups in total. The Balaban J connectivity index is 2.15. The highest BCUT2D eigenvalue weighted by atomic mass is 35.5. The number of amides is 1. The summed E-state index contributed by atoms with van der Waals surface area (Å²) >= 11 is 5.84. The number of hydrogen-bond donors (Lipinski definition) is 2. The Kier molecular flexibility index (Phi) is 3.57. The van der Waals surface area contributed by atoms with E-state index in [1.54, 1.807) is 18.3 Å². The van der Waals surface area contributed by atoms with Gasteiger partial charge < -0.3 is 5.32 Å². The lowest BCUT2D eigenvalue weighted by Crippen LogP contribution is -2.14. The molecule has 18 heavy (non-hydrogen) atoms. The van der Waals surface area contributed by atoms with Crippen molar-refractivity contribution in [2.75, 3.05) is 5.32 Å². The zero-order chi connectivity index (χ0) is 13.1. The van der Waals surface area contributed by atoms with Gasteiger partial charge in [-0.3, -0.25) is 9.89 Å². The van der Waals surface area contributed by atoms with E-state index in [-0.39, 0.29) is 16.9 Å². The van der Waals surface area contributed by atoms with Gasteiger partial charge in [0.2, 0.25) is 5.82 Å². The maximum Gasteiger partial charge on any atom is 0.295 e. The maximum absolute atomic E-state index is 11.9. The first-order chi connectivity index (χ1) is 8.58. The number of carbonyl (C=O) groups excluding carboxylic acids is 1. The van der Waals surface area contributed by atoms with Gasteiger partial charge in [-0.05, 0) is 12.1 Å². The SMILES string of the molecule is CC(C)c1nc(C(=O)Nc2cccnc2Cl)n[nH]1. The molecule has 1 amide bonds. The van der Waals surface area contributed by atoms with Crippen molar-refractivity contribution in [2.24, 2.45) is 0 Å². The largest absolute Gasteiger partial charge is 0.317 e. The molecule has 0 saturated heterocycles. The van der Waals surface area contributed by atoms with E-state index < -0.39 is 5.91 Å². The number of H-pyrrole nitrogens is 1. The second-order valence-electron chi connectivity index (χ2n) is 3.99. The highest BCUT2D eigenvalue weighted by Crippen LogP contribution is 2.18. The molecule has 2 aromatic rings. The number of pyridine rings is 1. The van der Waals surface area contributed by atoms with Gasteiger partial charge in [-0.15, -0.1) is 5.10 Å². The van der Waals surface area contributed by atoms with E-state index in [9.17, 15) is 4.79 Å². The van der Waals surface area contributed by atoms with Crippen molar-refractivity contribution in [2.45, 2.75) is 19.8 Å². The smallest absolute Gasteiger partial charge is 0.295 e. The van der Waals surface area contributed by atoms with Crippen LogP contribution in [0.5, 0.6) is 0 Å². The van der Waals surface area contributed by atoms with Crippen molar-refractivity contribution in [3.05, 3.63) is 35.1 Å². The van der Waals surface area contributed by atoms with Gasteiger partial charge in [-0.25, -0.2) is 9.97 Å².